The van der Waals surface area contributed by atoms with Gasteiger partial charge in [-0.05, 0) is 78.4 Å². The van der Waals surface area contributed by atoms with E-state index in [1.165, 1.54) is 12.1 Å². The number of aromatic nitrogens is 1. The lowest BCUT2D eigenvalue weighted by Gasteiger charge is -2.45. The van der Waals surface area contributed by atoms with Crippen molar-refractivity contribution in [1.29, 1.82) is 0 Å². The molecule has 2 bridgehead atoms. The van der Waals surface area contributed by atoms with Crippen LogP contribution in [0.4, 0.5) is 16.2 Å². The minimum atomic E-state index is -0.811. The van der Waals surface area contributed by atoms with E-state index in [-0.39, 0.29) is 41.9 Å². The number of nitrogens with zero attached hydrogens (tertiary/aromatic N) is 1. The number of rotatable bonds is 14. The molecule has 12 nitrogen and oxygen atoms in total. The van der Waals surface area contributed by atoms with Crippen LogP contribution in [-0.4, -0.2) is 89.3 Å². The van der Waals surface area contributed by atoms with Gasteiger partial charge in [0.05, 0.1) is 31.4 Å². The summed E-state index contributed by atoms with van der Waals surface area (Å²) < 4.78 is 12.8. The highest BCUT2D eigenvalue weighted by molar-refractivity contribution is 5.93. The molecule has 0 aliphatic carbocycles. The molecular formula is C45H50N5O7+. The number of H-pyrrole nitrogens is 1. The van der Waals surface area contributed by atoms with Crippen LogP contribution in [0, 0.1) is 0 Å². The first-order valence-corrected chi connectivity index (χ1v) is 19.8. The SMILES string of the molecule is C[N+]1(C)[C@@H]2CC(OC(=O)Nc3cc(CCC(=O)Nc4ccc(CCCNC[C@H](O)c5ccc(O)c6[nH]c(=O)ccc56)cc4)ccc3-c3ccccc3)C[C@H]1[C@@H]1O[C@@H]12. The molecule has 4 heterocycles. The molecule has 57 heavy (non-hydrogen) atoms. The summed E-state index contributed by atoms with van der Waals surface area (Å²) in [5.41, 5.74) is 5.90. The summed E-state index contributed by atoms with van der Waals surface area (Å²) in [6, 6.07) is 30.5. The number of fused-ring (bicyclic) bond motifs is 6. The van der Waals surface area contributed by atoms with E-state index in [4.69, 9.17) is 9.47 Å². The second-order valence-corrected chi connectivity index (χ2v) is 16.1. The van der Waals surface area contributed by atoms with Crippen molar-refractivity contribution in [1.82, 2.24) is 10.3 Å². The summed E-state index contributed by atoms with van der Waals surface area (Å²) >= 11 is 0. The zero-order valence-corrected chi connectivity index (χ0v) is 32.2. The van der Waals surface area contributed by atoms with Crippen molar-refractivity contribution >= 4 is 34.3 Å². The van der Waals surface area contributed by atoms with Crippen LogP contribution >= 0.6 is 0 Å². The van der Waals surface area contributed by atoms with E-state index in [9.17, 15) is 24.6 Å². The van der Waals surface area contributed by atoms with Gasteiger partial charge in [-0.25, -0.2) is 4.79 Å². The normalized spacial score (nSPS) is 22.1. The molecule has 1 unspecified atom stereocenters. The number of likely N-dealkylation sites (N-methyl/N-ethyl adjacent to an activating group) is 1. The number of amides is 2. The molecule has 5 aromatic rings. The number of pyridine rings is 1. The summed E-state index contributed by atoms with van der Waals surface area (Å²) in [6.45, 7) is 1.00. The van der Waals surface area contributed by atoms with E-state index in [1.54, 1.807) is 12.1 Å². The molecule has 3 aliphatic rings. The number of carbonyl (C=O) groups excluding carboxylic acids is 2. The lowest BCUT2D eigenvalue weighted by molar-refractivity contribution is -0.938. The molecule has 6 N–H and O–H groups in total. The third-order valence-electron chi connectivity index (χ3n) is 12.0. The van der Waals surface area contributed by atoms with Crippen LogP contribution in [0.25, 0.3) is 22.0 Å². The number of aromatic amines is 1. The average molecular weight is 773 g/mol. The Bertz CT molecular complexity index is 2290. The highest BCUT2D eigenvalue weighted by Crippen LogP contribution is 2.51. The number of benzene rings is 4. The van der Waals surface area contributed by atoms with E-state index in [0.717, 1.165) is 58.1 Å². The molecule has 8 rings (SSSR count). The molecule has 0 radical (unpaired) electrons. The number of hydrogen-bond acceptors (Lipinski definition) is 8. The quantitative estimate of drug-likeness (QED) is 0.0453. The molecule has 2 amide bonds. The van der Waals surface area contributed by atoms with Crippen molar-refractivity contribution < 1.29 is 33.8 Å². The molecule has 6 atom stereocenters. The van der Waals surface area contributed by atoms with Gasteiger partial charge >= 0.3 is 6.09 Å². The lowest BCUT2D eigenvalue weighted by atomic mass is 9.96. The molecule has 296 valence electrons. The second kappa shape index (κ2) is 16.1. The number of aliphatic hydroxyl groups excluding tert-OH is 1. The zero-order chi connectivity index (χ0) is 39.7. The Morgan fingerprint density at radius 2 is 1.63 bits per heavy atom. The number of hydrogen-bond donors (Lipinski definition) is 6. The van der Waals surface area contributed by atoms with Gasteiger partial charge in [0, 0.05) is 48.5 Å². The highest BCUT2D eigenvalue weighted by Gasteiger charge is 2.70. The number of phenols is 1. The Balaban J connectivity index is 0.801. The highest BCUT2D eigenvalue weighted by atomic mass is 16.6. The summed E-state index contributed by atoms with van der Waals surface area (Å²) in [4.78, 5) is 40.6. The maximum Gasteiger partial charge on any atom is 0.411 e. The third kappa shape index (κ3) is 8.45. The molecule has 1 aromatic heterocycles. The molecule has 3 saturated heterocycles. The molecule has 0 saturated carbocycles. The Morgan fingerprint density at radius 3 is 2.39 bits per heavy atom. The van der Waals surface area contributed by atoms with Gasteiger partial charge in [-0.2, -0.15) is 0 Å². The number of nitrogens with one attached hydrogen (secondary N) is 4. The van der Waals surface area contributed by atoms with Gasteiger partial charge in [0.2, 0.25) is 11.5 Å². The first kappa shape index (κ1) is 38.3. The minimum absolute atomic E-state index is 0.0391. The van der Waals surface area contributed by atoms with Crippen molar-refractivity contribution in [3.63, 3.8) is 0 Å². The number of aromatic hydroxyl groups is 1. The average Bonchev–Trinajstić information content (AvgIpc) is 3.97. The van der Waals surface area contributed by atoms with Crippen LogP contribution in [0.2, 0.25) is 0 Å². The predicted molar refractivity (Wildman–Crippen MR) is 219 cm³/mol. The van der Waals surface area contributed by atoms with Gasteiger partial charge in [0.15, 0.2) is 0 Å². The maximum absolute atomic E-state index is 13.3. The lowest BCUT2D eigenvalue weighted by Crippen LogP contribution is -2.60. The van der Waals surface area contributed by atoms with Crippen molar-refractivity contribution in [2.45, 2.75) is 75.0 Å². The van der Waals surface area contributed by atoms with Crippen LogP contribution < -0.4 is 21.5 Å². The zero-order valence-electron chi connectivity index (χ0n) is 32.2. The molecule has 3 aliphatic heterocycles. The van der Waals surface area contributed by atoms with Gasteiger partial charge in [0.25, 0.3) is 0 Å². The second-order valence-electron chi connectivity index (χ2n) is 16.1. The fraction of sp³-hybridized carbons (Fsp3) is 0.356. The van der Waals surface area contributed by atoms with Gasteiger partial charge < -0.3 is 39.8 Å². The fourth-order valence-corrected chi connectivity index (χ4v) is 8.86. The van der Waals surface area contributed by atoms with E-state index in [2.05, 4.69) is 35.0 Å². The van der Waals surface area contributed by atoms with Crippen LogP contribution in [0.3, 0.4) is 0 Å². The number of phenolic OH excluding ortho intramolecular Hbond substituents is 1. The van der Waals surface area contributed by atoms with Crippen molar-refractivity contribution in [2.75, 3.05) is 37.8 Å². The predicted octanol–water partition coefficient (Wildman–Crippen LogP) is 6.03. The van der Waals surface area contributed by atoms with Crippen LogP contribution in [0.5, 0.6) is 5.75 Å². The van der Waals surface area contributed by atoms with E-state index >= 15 is 0 Å². The van der Waals surface area contributed by atoms with Crippen LogP contribution in [0.1, 0.15) is 48.5 Å². The number of morpholine rings is 1. The molecule has 3 fully saturated rings. The molecular weight excluding hydrogens is 723 g/mol. The topological polar surface area (TPSA) is 165 Å². The summed E-state index contributed by atoms with van der Waals surface area (Å²) in [5, 5.41) is 30.8. The number of anilines is 2. The maximum atomic E-state index is 13.3. The number of epoxide rings is 1. The standard InChI is InChI=1S/C45H49N5O7/c1-50(2)36-24-31(25-37(50)44-43(36)57-44)56-45(55)48-35-23-28(12-16-32(35)29-8-4-3-5-9-29)13-20-40(53)47-30-14-10-27(11-15-30)7-6-22-46-26-39(52)33-17-19-38(51)42-34(33)18-21-41(54)49-42/h3-5,8-12,14-19,21,23,31,36-37,39,43-44,46,52H,6-7,13,20,22,24-26H2,1-2H3,(H3-,47,48,49,51,53,54,55)/p+1/t31?,36-,37+,39-,43-,44+/m0/s1. The van der Waals surface area contributed by atoms with Crippen LogP contribution in [0.15, 0.2) is 102 Å². The molecule has 12 heteroatoms. The number of quaternary nitrogens is 1. The van der Waals surface area contributed by atoms with Gasteiger partial charge in [-0.3, -0.25) is 14.9 Å². The van der Waals surface area contributed by atoms with E-state index < -0.39 is 12.2 Å². The third-order valence-corrected chi connectivity index (χ3v) is 12.0. The van der Waals surface area contributed by atoms with Gasteiger partial charge in [-0.15, -0.1) is 0 Å². The number of aliphatic hydroxyl groups is 1. The first-order valence-electron chi connectivity index (χ1n) is 19.8. The Hall–Kier alpha value is -5.53. The van der Waals surface area contributed by atoms with Crippen molar-refractivity contribution in [3.05, 3.63) is 124 Å². The van der Waals surface area contributed by atoms with Crippen molar-refractivity contribution in [2.24, 2.45) is 0 Å². The van der Waals surface area contributed by atoms with Crippen molar-refractivity contribution in [3.8, 4) is 16.9 Å². The number of ether oxygens (including phenoxy) is 2. The smallest absolute Gasteiger partial charge is 0.411 e. The number of piperidine rings is 1. The van der Waals surface area contributed by atoms with E-state index in [1.807, 2.05) is 72.8 Å². The van der Waals surface area contributed by atoms with Crippen LogP contribution in [-0.2, 0) is 27.1 Å². The summed E-state index contributed by atoms with van der Waals surface area (Å²) in [6.07, 6.45) is 3.15. The fourth-order valence-electron chi connectivity index (χ4n) is 8.86. The largest absolute Gasteiger partial charge is 0.506 e. The monoisotopic (exact) mass is 772 g/mol. The minimum Gasteiger partial charge on any atom is -0.506 e. The number of aryl methyl sites for hydroxylation is 2. The molecule has 4 aromatic carbocycles. The molecule has 0 spiro atoms. The number of carbonyl (C=O) groups is 2. The van der Waals surface area contributed by atoms with Gasteiger partial charge in [0.1, 0.15) is 36.1 Å². The first-order chi connectivity index (χ1) is 27.5. The summed E-state index contributed by atoms with van der Waals surface area (Å²) in [7, 11) is 4.51. The summed E-state index contributed by atoms with van der Waals surface area (Å²) in [5.74, 6) is -0.141. The Labute approximate surface area is 331 Å². The van der Waals surface area contributed by atoms with Gasteiger partial charge in [-0.1, -0.05) is 60.7 Å². The van der Waals surface area contributed by atoms with E-state index in [0.29, 0.717) is 53.7 Å². The Morgan fingerprint density at radius 1 is 0.895 bits per heavy atom. The Kier molecular flexibility index (Phi) is 10.9.